The molecule has 0 spiro atoms. The number of aryl methyl sites for hydroxylation is 1. The molecule has 1 unspecified atom stereocenters. The SMILES string of the molecule is COCC(C)(CC(=O)O)NC(=O)c1ccc(F)c(C)c1. The van der Waals surface area contributed by atoms with Crippen molar-refractivity contribution in [3.05, 3.63) is 35.1 Å². The molecule has 0 radical (unpaired) electrons. The lowest BCUT2D eigenvalue weighted by molar-refractivity contribution is -0.139. The third-order valence-corrected chi connectivity index (χ3v) is 2.84. The van der Waals surface area contributed by atoms with Gasteiger partial charge >= 0.3 is 5.97 Å². The van der Waals surface area contributed by atoms with E-state index in [0.29, 0.717) is 5.56 Å². The van der Waals surface area contributed by atoms with Gasteiger partial charge in [0.1, 0.15) is 5.82 Å². The van der Waals surface area contributed by atoms with Gasteiger partial charge in [0.05, 0.1) is 18.6 Å². The van der Waals surface area contributed by atoms with Gasteiger partial charge in [-0.15, -0.1) is 0 Å². The molecular formula is C14H18FNO4. The summed E-state index contributed by atoms with van der Waals surface area (Å²) in [5, 5.41) is 11.5. The van der Waals surface area contributed by atoms with Crippen molar-refractivity contribution in [2.45, 2.75) is 25.8 Å². The summed E-state index contributed by atoms with van der Waals surface area (Å²) in [6.07, 6.45) is -0.271. The number of methoxy groups -OCH3 is 1. The quantitative estimate of drug-likeness (QED) is 0.834. The molecule has 1 atom stereocenters. The molecule has 5 nitrogen and oxygen atoms in total. The summed E-state index contributed by atoms with van der Waals surface area (Å²) in [7, 11) is 1.42. The lowest BCUT2D eigenvalue weighted by atomic mass is 9.98. The Morgan fingerprint density at radius 1 is 1.45 bits per heavy atom. The Morgan fingerprint density at radius 2 is 2.10 bits per heavy atom. The number of rotatable bonds is 6. The van der Waals surface area contributed by atoms with Gasteiger partial charge in [0.2, 0.25) is 0 Å². The van der Waals surface area contributed by atoms with Crippen LogP contribution in [-0.2, 0) is 9.53 Å². The van der Waals surface area contributed by atoms with E-state index in [4.69, 9.17) is 9.84 Å². The molecule has 1 aromatic carbocycles. The van der Waals surface area contributed by atoms with E-state index in [1.165, 1.54) is 25.3 Å². The molecule has 2 N–H and O–H groups in total. The Balaban J connectivity index is 2.89. The molecule has 0 heterocycles. The molecule has 1 rings (SSSR count). The fourth-order valence-electron chi connectivity index (χ4n) is 1.92. The van der Waals surface area contributed by atoms with Gasteiger partial charge in [0, 0.05) is 12.7 Å². The lowest BCUT2D eigenvalue weighted by Crippen LogP contribution is -2.50. The van der Waals surface area contributed by atoms with Crippen LogP contribution in [0.25, 0.3) is 0 Å². The molecule has 0 aliphatic heterocycles. The second-order valence-electron chi connectivity index (χ2n) is 4.98. The van der Waals surface area contributed by atoms with Crippen LogP contribution in [-0.4, -0.2) is 36.2 Å². The third-order valence-electron chi connectivity index (χ3n) is 2.84. The minimum Gasteiger partial charge on any atom is -0.481 e. The van der Waals surface area contributed by atoms with Gasteiger partial charge in [-0.2, -0.15) is 0 Å². The highest BCUT2D eigenvalue weighted by Gasteiger charge is 2.30. The van der Waals surface area contributed by atoms with Crippen molar-refractivity contribution >= 4 is 11.9 Å². The minimum absolute atomic E-state index is 0.0607. The van der Waals surface area contributed by atoms with Crippen LogP contribution in [0.1, 0.15) is 29.3 Å². The predicted octanol–water partition coefficient (Wildman–Crippen LogP) is 1.74. The number of halogens is 1. The molecular weight excluding hydrogens is 265 g/mol. The van der Waals surface area contributed by atoms with Crippen LogP contribution in [0.2, 0.25) is 0 Å². The summed E-state index contributed by atoms with van der Waals surface area (Å²) in [4.78, 5) is 22.9. The van der Waals surface area contributed by atoms with Crippen LogP contribution in [0.4, 0.5) is 4.39 Å². The van der Waals surface area contributed by atoms with Gasteiger partial charge in [-0.3, -0.25) is 9.59 Å². The number of hydrogen-bond donors (Lipinski definition) is 2. The van der Waals surface area contributed by atoms with Crippen molar-refractivity contribution < 1.29 is 23.8 Å². The van der Waals surface area contributed by atoms with Crippen LogP contribution in [0, 0.1) is 12.7 Å². The molecule has 20 heavy (non-hydrogen) atoms. The summed E-state index contributed by atoms with van der Waals surface area (Å²) in [5.41, 5.74) is -0.402. The first-order valence-corrected chi connectivity index (χ1v) is 6.07. The monoisotopic (exact) mass is 283 g/mol. The Morgan fingerprint density at radius 3 is 2.60 bits per heavy atom. The zero-order valence-electron chi connectivity index (χ0n) is 11.7. The number of amides is 1. The van der Waals surface area contributed by atoms with Crippen molar-refractivity contribution in [3.8, 4) is 0 Å². The number of carbonyl (C=O) groups excluding carboxylic acids is 1. The van der Waals surface area contributed by atoms with E-state index >= 15 is 0 Å². The molecule has 0 saturated heterocycles. The van der Waals surface area contributed by atoms with E-state index in [0.717, 1.165) is 0 Å². The summed E-state index contributed by atoms with van der Waals surface area (Å²) in [6.45, 7) is 3.20. The molecule has 0 aromatic heterocycles. The maximum Gasteiger partial charge on any atom is 0.305 e. The maximum absolute atomic E-state index is 13.2. The molecule has 0 aliphatic rings. The maximum atomic E-state index is 13.2. The number of carboxylic acids is 1. The van der Waals surface area contributed by atoms with Gasteiger partial charge in [0.25, 0.3) is 5.91 Å². The smallest absolute Gasteiger partial charge is 0.305 e. The number of ether oxygens (including phenoxy) is 1. The van der Waals surface area contributed by atoms with E-state index in [-0.39, 0.29) is 18.6 Å². The zero-order chi connectivity index (χ0) is 15.3. The largest absolute Gasteiger partial charge is 0.481 e. The number of benzene rings is 1. The minimum atomic E-state index is -1.04. The second kappa shape index (κ2) is 6.47. The standard InChI is InChI=1S/C14H18FNO4/c1-9-6-10(4-5-11(9)15)13(19)16-14(2,8-20-3)7-12(17)18/h4-6H,7-8H2,1-3H3,(H,16,19)(H,17,18). The Bertz CT molecular complexity index is 518. The van der Waals surface area contributed by atoms with Crippen LogP contribution in [0.5, 0.6) is 0 Å². The summed E-state index contributed by atoms with van der Waals surface area (Å²) in [6, 6.07) is 3.97. The fraction of sp³-hybridized carbons (Fsp3) is 0.429. The number of carbonyl (C=O) groups is 2. The summed E-state index contributed by atoms with van der Waals surface area (Å²) in [5.74, 6) is -1.90. The highest BCUT2D eigenvalue weighted by Crippen LogP contribution is 2.14. The van der Waals surface area contributed by atoms with Crippen molar-refractivity contribution in [1.82, 2.24) is 5.32 Å². The van der Waals surface area contributed by atoms with E-state index in [9.17, 15) is 14.0 Å². The van der Waals surface area contributed by atoms with Gasteiger partial charge in [0.15, 0.2) is 0 Å². The average Bonchev–Trinajstić information content (AvgIpc) is 2.31. The Labute approximate surface area is 116 Å². The van der Waals surface area contributed by atoms with E-state index in [1.807, 2.05) is 0 Å². The van der Waals surface area contributed by atoms with Gasteiger partial charge in [-0.05, 0) is 37.6 Å². The summed E-state index contributed by atoms with van der Waals surface area (Å²) < 4.78 is 18.1. The van der Waals surface area contributed by atoms with Crippen molar-refractivity contribution in [2.24, 2.45) is 0 Å². The molecule has 1 amide bonds. The van der Waals surface area contributed by atoms with Gasteiger partial charge in [-0.1, -0.05) is 0 Å². The Kier molecular flexibility index (Phi) is 5.21. The number of hydrogen-bond acceptors (Lipinski definition) is 3. The van der Waals surface area contributed by atoms with E-state index in [1.54, 1.807) is 13.8 Å². The first-order valence-electron chi connectivity index (χ1n) is 6.07. The van der Waals surface area contributed by atoms with Crippen molar-refractivity contribution in [3.63, 3.8) is 0 Å². The molecule has 0 fully saturated rings. The van der Waals surface area contributed by atoms with Crippen LogP contribution < -0.4 is 5.32 Å². The highest BCUT2D eigenvalue weighted by atomic mass is 19.1. The highest BCUT2D eigenvalue weighted by molar-refractivity contribution is 5.95. The lowest BCUT2D eigenvalue weighted by Gasteiger charge is -2.28. The topological polar surface area (TPSA) is 75.6 Å². The van der Waals surface area contributed by atoms with E-state index < -0.39 is 23.2 Å². The third kappa shape index (κ3) is 4.31. The average molecular weight is 283 g/mol. The zero-order valence-corrected chi connectivity index (χ0v) is 11.7. The first kappa shape index (κ1) is 16.1. The molecule has 0 aliphatic carbocycles. The predicted molar refractivity (Wildman–Crippen MR) is 71.1 cm³/mol. The van der Waals surface area contributed by atoms with Crippen molar-refractivity contribution in [2.75, 3.05) is 13.7 Å². The van der Waals surface area contributed by atoms with Crippen LogP contribution in [0.15, 0.2) is 18.2 Å². The fourth-order valence-corrected chi connectivity index (χ4v) is 1.92. The van der Waals surface area contributed by atoms with Gasteiger partial charge in [-0.25, -0.2) is 4.39 Å². The molecule has 0 saturated carbocycles. The van der Waals surface area contributed by atoms with E-state index in [2.05, 4.69) is 5.32 Å². The normalized spacial score (nSPS) is 13.6. The van der Waals surface area contributed by atoms with Crippen LogP contribution >= 0.6 is 0 Å². The molecule has 1 aromatic rings. The molecule has 6 heteroatoms. The van der Waals surface area contributed by atoms with Crippen molar-refractivity contribution in [1.29, 1.82) is 0 Å². The first-order chi connectivity index (χ1) is 9.27. The van der Waals surface area contributed by atoms with Crippen LogP contribution in [0.3, 0.4) is 0 Å². The molecule has 110 valence electrons. The number of nitrogens with one attached hydrogen (secondary N) is 1. The second-order valence-corrected chi connectivity index (χ2v) is 4.98. The Hall–Kier alpha value is -1.95. The number of carboxylic acid groups (broad SMARTS) is 1. The van der Waals surface area contributed by atoms with Gasteiger partial charge < -0.3 is 15.2 Å². The number of aliphatic carboxylic acids is 1. The summed E-state index contributed by atoms with van der Waals surface area (Å²) >= 11 is 0. The molecule has 0 bridgehead atoms.